The average molecular weight is 487 g/mol. The Morgan fingerprint density at radius 1 is 1.32 bits per heavy atom. The molecule has 8 nitrogen and oxygen atoms in total. The molecule has 178 valence electrons. The predicted molar refractivity (Wildman–Crippen MR) is 127 cm³/mol. The third-order valence-electron chi connectivity index (χ3n) is 4.77. The highest BCUT2D eigenvalue weighted by atomic mass is 28.3. The maximum absolute atomic E-state index is 14.6. The summed E-state index contributed by atoms with van der Waals surface area (Å²) < 4.78 is 42.3. The molecule has 0 bridgehead atoms. The number of nitrogens with one attached hydrogen (secondary N) is 1. The highest BCUT2D eigenvalue weighted by molar-refractivity contribution is 6.76. The minimum absolute atomic E-state index is 0.111. The van der Waals surface area contributed by atoms with Gasteiger partial charge in [0.1, 0.15) is 18.1 Å². The van der Waals surface area contributed by atoms with Gasteiger partial charge in [-0.15, -0.1) is 0 Å². The van der Waals surface area contributed by atoms with Gasteiger partial charge in [0.25, 0.3) is 0 Å². The van der Waals surface area contributed by atoms with Crippen LogP contribution >= 0.6 is 0 Å². The zero-order valence-electron chi connectivity index (χ0n) is 18.9. The highest BCUT2D eigenvalue weighted by Crippen LogP contribution is 2.36. The molecule has 1 aromatic carbocycles. The predicted octanol–water partition coefficient (Wildman–Crippen LogP) is 6.05. The normalized spacial score (nSPS) is 11.6. The number of anilines is 1. The van der Waals surface area contributed by atoms with Crippen LogP contribution in [0.15, 0.2) is 36.7 Å². The zero-order chi connectivity index (χ0) is 24.9. The number of allylic oxidation sites excluding steroid dienone is 1. The Labute approximate surface area is 196 Å². The van der Waals surface area contributed by atoms with Crippen LogP contribution in [0.2, 0.25) is 25.7 Å². The molecule has 2 N–H and O–H groups in total. The SMILES string of the molecule is C[Si](C)(C)CCOCn1cc(C=CC#N)c2c(Oc3c(F)cc(NC(=O)O)cc3F)ccnc21. The number of benzene rings is 1. The number of nitriles is 1. The minimum atomic E-state index is -1.45. The van der Waals surface area contributed by atoms with Crippen molar-refractivity contribution in [3.63, 3.8) is 0 Å². The largest absolute Gasteiger partial charge is 0.465 e. The molecule has 3 aromatic rings. The summed E-state index contributed by atoms with van der Waals surface area (Å²) in [5.41, 5.74) is 0.737. The van der Waals surface area contributed by atoms with Gasteiger partial charge in [0, 0.05) is 50.8 Å². The summed E-state index contributed by atoms with van der Waals surface area (Å²) in [6.07, 6.45) is 4.52. The number of halogens is 2. The first kappa shape index (κ1) is 24.9. The number of pyridine rings is 1. The lowest BCUT2D eigenvalue weighted by atomic mass is 10.2. The number of fused-ring (bicyclic) bond motifs is 1. The van der Waals surface area contributed by atoms with Gasteiger partial charge >= 0.3 is 6.09 Å². The molecule has 2 heterocycles. The van der Waals surface area contributed by atoms with E-state index in [0.717, 1.165) is 18.2 Å². The Morgan fingerprint density at radius 3 is 2.65 bits per heavy atom. The second kappa shape index (κ2) is 10.5. The third-order valence-corrected chi connectivity index (χ3v) is 6.48. The lowest BCUT2D eigenvalue weighted by Crippen LogP contribution is -2.22. The molecule has 0 aliphatic rings. The second-order valence-corrected chi connectivity index (χ2v) is 14.3. The van der Waals surface area contributed by atoms with Crippen molar-refractivity contribution in [2.24, 2.45) is 0 Å². The first-order chi connectivity index (χ1) is 16.1. The number of rotatable bonds is 9. The number of hydrogen-bond acceptors (Lipinski definition) is 5. The van der Waals surface area contributed by atoms with E-state index in [9.17, 15) is 13.6 Å². The molecule has 0 fully saturated rings. The van der Waals surface area contributed by atoms with Gasteiger partial charge in [-0.25, -0.2) is 18.6 Å². The third kappa shape index (κ3) is 6.18. The molecule has 11 heteroatoms. The summed E-state index contributed by atoms with van der Waals surface area (Å²) in [4.78, 5) is 15.1. The molecule has 34 heavy (non-hydrogen) atoms. The average Bonchev–Trinajstić information content (AvgIpc) is 3.09. The maximum atomic E-state index is 14.6. The molecule has 0 saturated carbocycles. The summed E-state index contributed by atoms with van der Waals surface area (Å²) in [5, 5.41) is 20.1. The number of aromatic nitrogens is 2. The van der Waals surface area contributed by atoms with Crippen molar-refractivity contribution < 1.29 is 28.2 Å². The Balaban J connectivity index is 1.97. The molecule has 2 aromatic heterocycles. The van der Waals surface area contributed by atoms with Crippen molar-refractivity contribution in [2.45, 2.75) is 32.4 Å². The lowest BCUT2D eigenvalue weighted by molar-refractivity contribution is 0.0898. The van der Waals surface area contributed by atoms with Crippen LogP contribution in [0.3, 0.4) is 0 Å². The van der Waals surface area contributed by atoms with Crippen LogP contribution in [0, 0.1) is 23.0 Å². The van der Waals surface area contributed by atoms with Crippen molar-refractivity contribution in [3.8, 4) is 17.6 Å². The number of amides is 1. The Hall–Kier alpha value is -3.75. The van der Waals surface area contributed by atoms with Gasteiger partial charge in [0.2, 0.25) is 0 Å². The van der Waals surface area contributed by atoms with Gasteiger partial charge in [-0.1, -0.05) is 19.6 Å². The van der Waals surface area contributed by atoms with E-state index in [2.05, 4.69) is 24.6 Å². The van der Waals surface area contributed by atoms with E-state index in [4.69, 9.17) is 19.8 Å². The number of carboxylic acid groups (broad SMARTS) is 1. The van der Waals surface area contributed by atoms with Gasteiger partial charge in [-0.05, 0) is 18.2 Å². The van der Waals surface area contributed by atoms with Crippen LogP contribution in [0.1, 0.15) is 5.56 Å². The number of hydrogen-bond donors (Lipinski definition) is 2. The molecule has 0 saturated heterocycles. The molecule has 0 spiro atoms. The van der Waals surface area contributed by atoms with Crippen LogP contribution in [0.25, 0.3) is 17.1 Å². The zero-order valence-corrected chi connectivity index (χ0v) is 19.9. The maximum Gasteiger partial charge on any atom is 0.409 e. The number of nitrogens with zero attached hydrogens (tertiary/aromatic N) is 3. The first-order valence-corrected chi connectivity index (χ1v) is 14.1. The monoisotopic (exact) mass is 486 g/mol. The van der Waals surface area contributed by atoms with Crippen molar-refractivity contribution in [3.05, 3.63) is 53.9 Å². The van der Waals surface area contributed by atoms with Crippen LogP contribution in [-0.2, 0) is 11.5 Å². The van der Waals surface area contributed by atoms with Crippen molar-refractivity contribution >= 4 is 37.0 Å². The Kier molecular flexibility index (Phi) is 7.65. The van der Waals surface area contributed by atoms with E-state index < -0.39 is 31.6 Å². The molecule has 0 unspecified atom stereocenters. The molecule has 0 radical (unpaired) electrons. The van der Waals surface area contributed by atoms with E-state index in [0.29, 0.717) is 23.2 Å². The quantitative estimate of drug-likeness (QED) is 0.217. The minimum Gasteiger partial charge on any atom is -0.465 e. The first-order valence-electron chi connectivity index (χ1n) is 10.4. The van der Waals surface area contributed by atoms with E-state index in [1.54, 1.807) is 16.8 Å². The van der Waals surface area contributed by atoms with Crippen molar-refractivity contribution in [1.82, 2.24) is 9.55 Å². The molecular weight excluding hydrogens is 462 g/mol. The van der Waals surface area contributed by atoms with E-state index >= 15 is 0 Å². The number of ether oxygens (including phenoxy) is 2. The topological polar surface area (TPSA) is 109 Å². The van der Waals surface area contributed by atoms with Crippen molar-refractivity contribution in [1.29, 1.82) is 5.26 Å². The molecule has 3 rings (SSSR count). The lowest BCUT2D eigenvalue weighted by Gasteiger charge is -2.15. The van der Waals surface area contributed by atoms with Gasteiger partial charge < -0.3 is 19.1 Å². The molecule has 0 aliphatic heterocycles. The summed E-state index contributed by atoms with van der Waals surface area (Å²) in [7, 11) is -1.26. The summed E-state index contributed by atoms with van der Waals surface area (Å²) in [5.74, 6) is -2.76. The summed E-state index contributed by atoms with van der Waals surface area (Å²) in [6.45, 7) is 7.54. The molecule has 0 aliphatic carbocycles. The fraction of sp³-hybridized carbons (Fsp3) is 0.261. The molecular formula is C23H24F2N4O4Si. The van der Waals surface area contributed by atoms with Crippen LogP contribution in [0.4, 0.5) is 19.3 Å². The fourth-order valence-electron chi connectivity index (χ4n) is 3.16. The molecule has 0 atom stereocenters. The van der Waals surface area contributed by atoms with Crippen LogP contribution in [-0.4, -0.2) is 35.4 Å². The van der Waals surface area contributed by atoms with Gasteiger partial charge in [-0.2, -0.15) is 5.26 Å². The van der Waals surface area contributed by atoms with E-state index in [1.165, 1.54) is 18.3 Å². The number of carbonyl (C=O) groups is 1. The summed E-state index contributed by atoms with van der Waals surface area (Å²) in [6, 6.07) is 5.99. The van der Waals surface area contributed by atoms with Gasteiger partial charge in [-0.3, -0.25) is 5.32 Å². The fourth-order valence-corrected chi connectivity index (χ4v) is 3.91. The van der Waals surface area contributed by atoms with Crippen LogP contribution < -0.4 is 10.1 Å². The van der Waals surface area contributed by atoms with Crippen LogP contribution in [0.5, 0.6) is 11.5 Å². The smallest absolute Gasteiger partial charge is 0.409 e. The molecule has 1 amide bonds. The van der Waals surface area contributed by atoms with Gasteiger partial charge in [0.05, 0.1) is 17.1 Å². The standard InChI is InChI=1S/C23H24F2N4O4Si/c1-34(2,3)10-9-32-14-29-13-15(5-4-7-26)20-19(6-8-27-22(20)29)33-21-17(24)11-16(12-18(21)25)28-23(30)31/h4-6,8,11-13,28H,9-10,14H2,1-3H3,(H,30,31). The van der Waals surface area contributed by atoms with E-state index in [-0.39, 0.29) is 18.2 Å². The highest BCUT2D eigenvalue weighted by Gasteiger charge is 2.19. The Morgan fingerprint density at radius 2 is 2.03 bits per heavy atom. The Bertz CT molecular complexity index is 1260. The van der Waals surface area contributed by atoms with Gasteiger partial charge in [0.15, 0.2) is 17.4 Å². The summed E-state index contributed by atoms with van der Waals surface area (Å²) >= 11 is 0. The van der Waals surface area contributed by atoms with Crippen molar-refractivity contribution in [2.75, 3.05) is 11.9 Å². The van der Waals surface area contributed by atoms with E-state index in [1.807, 2.05) is 11.4 Å². The second-order valence-electron chi connectivity index (χ2n) is 8.67.